The quantitative estimate of drug-likeness (QED) is 0.775. The lowest BCUT2D eigenvalue weighted by Gasteiger charge is -2.05. The molecule has 0 aliphatic heterocycles. The van der Waals surface area contributed by atoms with E-state index in [2.05, 4.69) is 14.8 Å². The Morgan fingerprint density at radius 3 is 2.90 bits per heavy atom. The summed E-state index contributed by atoms with van der Waals surface area (Å²) in [5, 5.41) is 4.79. The summed E-state index contributed by atoms with van der Waals surface area (Å²) in [6, 6.07) is 4.80. The molecule has 0 amide bonds. The first-order valence-electron chi connectivity index (χ1n) is 5.82. The lowest BCUT2D eigenvalue weighted by molar-refractivity contribution is 0.0586. The maximum atomic E-state index is 12.2. The number of aromatic nitrogens is 3. The monoisotopic (exact) mass is 347 g/mol. The highest BCUT2D eigenvalue weighted by atomic mass is 35.5. The molecule has 0 radical (unpaired) electrons. The van der Waals surface area contributed by atoms with E-state index in [0.717, 1.165) is 0 Å². The van der Waals surface area contributed by atoms with Gasteiger partial charge in [-0.15, -0.1) is 5.10 Å². The average molecular weight is 348 g/mol. The number of nitrogens with zero attached hydrogens (tertiary/aromatic N) is 3. The van der Waals surface area contributed by atoms with Crippen LogP contribution in [0.2, 0.25) is 10.0 Å². The van der Waals surface area contributed by atoms with Gasteiger partial charge in [-0.3, -0.25) is 8.89 Å². The number of halogens is 2. The van der Waals surface area contributed by atoms with Gasteiger partial charge in [-0.1, -0.05) is 23.2 Å². The maximum Gasteiger partial charge on any atom is 0.377 e. The van der Waals surface area contributed by atoms with Crippen molar-refractivity contribution in [3.8, 4) is 0 Å². The highest BCUT2D eigenvalue weighted by Crippen LogP contribution is 2.23. The third-order valence-corrected chi connectivity index (χ3v) is 4.61. The Hall–Kier alpha value is -1.44. The van der Waals surface area contributed by atoms with Crippen LogP contribution in [-0.4, -0.2) is 37.8 Å². The number of methoxy groups -OCH3 is 1. The predicted molar refractivity (Wildman–Crippen MR) is 79.1 cm³/mol. The van der Waals surface area contributed by atoms with E-state index >= 15 is 0 Å². The largest absolute Gasteiger partial charge is 0.463 e. The van der Waals surface area contributed by atoms with Crippen molar-refractivity contribution in [1.82, 2.24) is 14.8 Å². The Morgan fingerprint density at radius 1 is 1.43 bits per heavy atom. The van der Waals surface area contributed by atoms with E-state index in [-0.39, 0.29) is 11.6 Å². The topological polar surface area (TPSA) is 74.1 Å². The van der Waals surface area contributed by atoms with Gasteiger partial charge in [-0.2, -0.15) is 0 Å². The number of rotatable bonds is 5. The van der Waals surface area contributed by atoms with Gasteiger partial charge in [0.25, 0.3) is 5.82 Å². The van der Waals surface area contributed by atoms with Crippen molar-refractivity contribution in [2.75, 3.05) is 12.9 Å². The smallest absolute Gasteiger partial charge is 0.377 e. The molecule has 0 unspecified atom stereocenters. The van der Waals surface area contributed by atoms with E-state index in [0.29, 0.717) is 21.5 Å². The molecule has 1 heterocycles. The molecule has 6 nitrogen and oxygen atoms in total. The molecule has 0 saturated carbocycles. The molecule has 9 heteroatoms. The molecule has 1 aromatic heterocycles. The first-order chi connectivity index (χ1) is 10.0. The number of esters is 1. The Morgan fingerprint density at radius 2 is 2.19 bits per heavy atom. The van der Waals surface area contributed by atoms with Crippen LogP contribution >= 0.6 is 23.2 Å². The van der Waals surface area contributed by atoms with Crippen LogP contribution in [0.1, 0.15) is 10.6 Å². The molecule has 21 heavy (non-hydrogen) atoms. The van der Waals surface area contributed by atoms with Crippen LogP contribution in [0, 0.1) is 0 Å². The van der Waals surface area contributed by atoms with Crippen LogP contribution in [0.15, 0.2) is 29.4 Å². The first kappa shape index (κ1) is 15.9. The van der Waals surface area contributed by atoms with Gasteiger partial charge in [0.2, 0.25) is 0 Å². The summed E-state index contributed by atoms with van der Waals surface area (Å²) >= 11 is 11.8. The number of benzene rings is 1. The van der Waals surface area contributed by atoms with E-state index in [4.69, 9.17) is 23.2 Å². The number of hydrogen-bond acceptors (Lipinski definition) is 5. The SMILES string of the molecule is COC(=O)c1ncn(CC[S@@](=O)c2cc(Cl)ccc2Cl)n1. The van der Waals surface area contributed by atoms with Crippen LogP contribution in [0.25, 0.3) is 0 Å². The van der Waals surface area contributed by atoms with Gasteiger partial charge in [-0.05, 0) is 18.2 Å². The van der Waals surface area contributed by atoms with Crippen LogP contribution in [0.3, 0.4) is 0 Å². The van der Waals surface area contributed by atoms with Crippen molar-refractivity contribution in [3.05, 3.63) is 40.4 Å². The van der Waals surface area contributed by atoms with Crippen molar-refractivity contribution >= 4 is 40.0 Å². The molecule has 0 N–H and O–H groups in total. The van der Waals surface area contributed by atoms with Crippen molar-refractivity contribution < 1.29 is 13.7 Å². The van der Waals surface area contributed by atoms with Crippen molar-refractivity contribution in [1.29, 1.82) is 0 Å². The molecule has 2 rings (SSSR count). The zero-order chi connectivity index (χ0) is 15.4. The summed E-state index contributed by atoms with van der Waals surface area (Å²) in [5.74, 6) is -0.388. The molecular weight excluding hydrogens is 337 g/mol. The summed E-state index contributed by atoms with van der Waals surface area (Å²) < 4.78 is 18.1. The van der Waals surface area contributed by atoms with Gasteiger partial charge >= 0.3 is 5.97 Å². The molecule has 1 atom stereocenters. The normalized spacial score (nSPS) is 12.1. The summed E-state index contributed by atoms with van der Waals surface area (Å²) in [5.41, 5.74) is 0. The Bertz CT molecular complexity index is 690. The molecule has 0 saturated heterocycles. The fourth-order valence-corrected chi connectivity index (χ4v) is 3.25. The van der Waals surface area contributed by atoms with Crippen molar-refractivity contribution in [2.45, 2.75) is 11.4 Å². The second-order valence-electron chi connectivity index (χ2n) is 3.95. The summed E-state index contributed by atoms with van der Waals surface area (Å²) in [6.07, 6.45) is 1.38. The minimum Gasteiger partial charge on any atom is -0.463 e. The number of carbonyl (C=O) groups excluding carboxylic acids is 1. The summed E-state index contributed by atoms with van der Waals surface area (Å²) in [7, 11) is -0.0809. The number of aryl methyl sites for hydroxylation is 1. The summed E-state index contributed by atoms with van der Waals surface area (Å²) in [4.78, 5) is 15.5. The molecular formula is C12H11Cl2N3O3S. The lowest BCUT2D eigenvalue weighted by atomic mass is 10.4. The van der Waals surface area contributed by atoms with E-state index in [9.17, 15) is 9.00 Å². The Labute approximate surface area is 133 Å². The Kier molecular flexibility index (Phi) is 5.33. The molecule has 0 aliphatic rings. The second-order valence-corrected chi connectivity index (χ2v) is 6.33. The van der Waals surface area contributed by atoms with E-state index in [1.807, 2.05) is 0 Å². The number of carbonyl (C=O) groups is 1. The second kappa shape index (κ2) is 7.02. The number of hydrogen-bond donors (Lipinski definition) is 0. The van der Waals surface area contributed by atoms with Gasteiger partial charge < -0.3 is 4.74 Å². The van der Waals surface area contributed by atoms with E-state index < -0.39 is 16.8 Å². The molecule has 0 aliphatic carbocycles. The van der Waals surface area contributed by atoms with Crippen LogP contribution in [0.5, 0.6) is 0 Å². The highest BCUT2D eigenvalue weighted by molar-refractivity contribution is 7.85. The fraction of sp³-hybridized carbons (Fsp3) is 0.250. The maximum absolute atomic E-state index is 12.2. The third-order valence-electron chi connectivity index (χ3n) is 2.55. The molecule has 0 spiro atoms. The van der Waals surface area contributed by atoms with Gasteiger partial charge in [0, 0.05) is 10.8 Å². The number of ether oxygens (including phenoxy) is 1. The van der Waals surface area contributed by atoms with Gasteiger partial charge in [0.05, 0.1) is 34.4 Å². The molecule has 1 aromatic carbocycles. The van der Waals surface area contributed by atoms with Gasteiger partial charge in [-0.25, -0.2) is 9.78 Å². The minimum atomic E-state index is -1.33. The van der Waals surface area contributed by atoms with Gasteiger partial charge in [0.1, 0.15) is 6.33 Å². The summed E-state index contributed by atoms with van der Waals surface area (Å²) in [6.45, 7) is 0.319. The van der Waals surface area contributed by atoms with Crippen molar-refractivity contribution in [3.63, 3.8) is 0 Å². The fourth-order valence-electron chi connectivity index (χ4n) is 1.53. The van der Waals surface area contributed by atoms with Gasteiger partial charge in [0.15, 0.2) is 0 Å². The standard InChI is InChI=1S/C12H11Cl2N3O3S/c1-20-12(18)11-15-7-17(16-11)4-5-21(19)10-6-8(13)2-3-9(10)14/h2-3,6-7H,4-5H2,1H3/t21-/m1/s1. The van der Waals surface area contributed by atoms with Crippen LogP contribution < -0.4 is 0 Å². The van der Waals surface area contributed by atoms with Crippen LogP contribution in [0.4, 0.5) is 0 Å². The Balaban J connectivity index is 2.02. The zero-order valence-electron chi connectivity index (χ0n) is 11.0. The molecule has 0 fully saturated rings. The third kappa shape index (κ3) is 4.03. The molecule has 0 bridgehead atoms. The lowest BCUT2D eigenvalue weighted by Crippen LogP contribution is -2.10. The zero-order valence-corrected chi connectivity index (χ0v) is 13.3. The van der Waals surface area contributed by atoms with E-state index in [1.54, 1.807) is 18.2 Å². The van der Waals surface area contributed by atoms with E-state index in [1.165, 1.54) is 18.1 Å². The predicted octanol–water partition coefficient (Wildman–Crippen LogP) is 2.18. The minimum absolute atomic E-state index is 0.0379. The van der Waals surface area contributed by atoms with Crippen LogP contribution in [-0.2, 0) is 22.1 Å². The molecule has 112 valence electrons. The average Bonchev–Trinajstić information content (AvgIpc) is 2.95. The van der Waals surface area contributed by atoms with Crippen molar-refractivity contribution in [2.24, 2.45) is 0 Å². The highest BCUT2D eigenvalue weighted by Gasteiger charge is 2.13. The molecule has 2 aromatic rings. The first-order valence-corrected chi connectivity index (χ1v) is 7.90.